The van der Waals surface area contributed by atoms with Crippen LogP contribution in [0.15, 0.2) is 0 Å². The number of hydrogen-bond acceptors (Lipinski definition) is 6. The van der Waals surface area contributed by atoms with Crippen LogP contribution in [0.3, 0.4) is 0 Å². The van der Waals surface area contributed by atoms with Crippen molar-refractivity contribution in [2.75, 3.05) is 13.2 Å². The molecule has 0 radical (unpaired) electrons. The van der Waals surface area contributed by atoms with E-state index in [1.54, 1.807) is 0 Å². The van der Waals surface area contributed by atoms with Crippen LogP contribution in [0.25, 0.3) is 0 Å². The first-order valence-corrected chi connectivity index (χ1v) is 6.81. The summed E-state index contributed by atoms with van der Waals surface area (Å²) in [5.41, 5.74) is 0. The molecule has 0 aliphatic rings. The first-order chi connectivity index (χ1) is 10.2. The summed E-state index contributed by atoms with van der Waals surface area (Å²) >= 11 is 0. The van der Waals surface area contributed by atoms with Crippen molar-refractivity contribution in [3.05, 3.63) is 0 Å². The highest BCUT2D eigenvalue weighted by Crippen LogP contribution is 1.88. The van der Waals surface area contributed by atoms with Crippen LogP contribution in [0, 0.1) is 0 Å². The van der Waals surface area contributed by atoms with E-state index in [-0.39, 0.29) is 50.5 Å². The zero-order valence-electron chi connectivity index (χ0n) is 13.1. The average Bonchev–Trinajstić information content (AvgIpc) is 2.42. The quantitative estimate of drug-likeness (QED) is 0.451. The lowest BCUT2D eigenvalue weighted by Gasteiger charge is -1.86. The minimum atomic E-state index is -0.916. The molecule has 0 rings (SSSR count). The lowest BCUT2D eigenvalue weighted by Crippen LogP contribution is -1.98. The molecule has 0 aromatic heterocycles. The van der Waals surface area contributed by atoms with E-state index in [0.717, 1.165) is 12.8 Å². The highest BCUT2D eigenvalue weighted by atomic mass is 16.4. The minimum Gasteiger partial charge on any atom is -0.481 e. The van der Waals surface area contributed by atoms with Crippen LogP contribution in [0.1, 0.15) is 52.4 Å². The van der Waals surface area contributed by atoms with Crippen LogP contribution in [0.2, 0.25) is 0 Å². The molecule has 0 bridgehead atoms. The van der Waals surface area contributed by atoms with Crippen LogP contribution in [-0.4, -0.2) is 57.1 Å². The highest BCUT2D eigenvalue weighted by molar-refractivity contribution is 5.80. The first kappa shape index (κ1) is 25.2. The number of carbonyl (C=O) groups excluding carboxylic acids is 2. The van der Waals surface area contributed by atoms with Gasteiger partial charge in [-0.25, -0.2) is 0 Å². The number of unbranched alkanes of at least 4 members (excludes halogenated alkanes) is 1. The van der Waals surface area contributed by atoms with Gasteiger partial charge in [-0.2, -0.15) is 0 Å². The van der Waals surface area contributed by atoms with Gasteiger partial charge in [0.25, 0.3) is 0 Å². The highest BCUT2D eigenvalue weighted by Gasteiger charge is 1.98. The second-order valence-electron chi connectivity index (χ2n) is 4.35. The Kier molecular flexibility index (Phi) is 22.0. The van der Waals surface area contributed by atoms with Gasteiger partial charge in [0.1, 0.15) is 11.6 Å². The summed E-state index contributed by atoms with van der Waals surface area (Å²) in [5.74, 6) is -1.99. The Hall–Kier alpha value is -1.80. The van der Waals surface area contributed by atoms with Crippen molar-refractivity contribution < 1.29 is 39.6 Å². The van der Waals surface area contributed by atoms with Crippen LogP contribution in [0.5, 0.6) is 0 Å². The molecule has 0 aromatic rings. The Labute approximate surface area is 129 Å². The summed E-state index contributed by atoms with van der Waals surface area (Å²) in [6.07, 6.45) is 1.64. The fourth-order valence-electron chi connectivity index (χ4n) is 0.790. The van der Waals surface area contributed by atoms with Crippen molar-refractivity contribution >= 4 is 23.5 Å². The van der Waals surface area contributed by atoms with Gasteiger partial charge in [0.05, 0.1) is 12.8 Å². The molecule has 0 saturated heterocycles. The van der Waals surface area contributed by atoms with E-state index in [1.807, 2.05) is 0 Å². The van der Waals surface area contributed by atoms with E-state index >= 15 is 0 Å². The Morgan fingerprint density at radius 3 is 1.00 bits per heavy atom. The minimum absolute atomic E-state index is 0.0463. The number of rotatable bonds is 9. The molecule has 8 nitrogen and oxygen atoms in total. The molecule has 0 heterocycles. The second kappa shape index (κ2) is 19.2. The largest absolute Gasteiger partial charge is 0.481 e. The van der Waals surface area contributed by atoms with Crippen LogP contribution < -0.4 is 0 Å². The van der Waals surface area contributed by atoms with Gasteiger partial charge in [-0.1, -0.05) is 0 Å². The van der Waals surface area contributed by atoms with E-state index in [0.29, 0.717) is 0 Å². The number of aliphatic hydroxyl groups excluding tert-OH is 2. The topological polar surface area (TPSA) is 149 Å². The van der Waals surface area contributed by atoms with Crippen molar-refractivity contribution in [3.8, 4) is 0 Å². The maximum atomic E-state index is 10.1. The average molecular weight is 322 g/mol. The number of ketones is 2. The maximum Gasteiger partial charge on any atom is 0.303 e. The Bertz CT molecular complexity index is 265. The first-order valence-electron chi connectivity index (χ1n) is 6.81. The number of carbonyl (C=O) groups is 4. The van der Waals surface area contributed by atoms with E-state index in [1.165, 1.54) is 13.8 Å². The molecule has 0 aliphatic carbocycles. The molecule has 0 fully saturated rings. The third-order valence-corrected chi connectivity index (χ3v) is 1.95. The molecule has 0 saturated carbocycles. The van der Waals surface area contributed by atoms with Gasteiger partial charge in [-0.05, 0) is 26.7 Å². The second-order valence-corrected chi connectivity index (χ2v) is 4.35. The predicted octanol–water partition coefficient (Wildman–Crippen LogP) is 0.632. The summed E-state index contributed by atoms with van der Waals surface area (Å²) in [6, 6.07) is 0. The number of aliphatic hydroxyl groups is 2. The summed E-state index contributed by atoms with van der Waals surface area (Å²) in [5, 5.41) is 32.2. The Morgan fingerprint density at radius 2 is 0.909 bits per heavy atom. The fraction of sp³-hybridized carbons (Fsp3) is 0.714. The number of hydrogen-bond donors (Lipinski definition) is 4. The number of carboxylic acids is 2. The van der Waals surface area contributed by atoms with Crippen molar-refractivity contribution in [1.29, 1.82) is 0 Å². The smallest absolute Gasteiger partial charge is 0.303 e. The van der Waals surface area contributed by atoms with Gasteiger partial charge < -0.3 is 30.0 Å². The predicted molar refractivity (Wildman–Crippen MR) is 78.5 cm³/mol. The van der Waals surface area contributed by atoms with E-state index < -0.39 is 11.9 Å². The van der Waals surface area contributed by atoms with Gasteiger partial charge in [-0.15, -0.1) is 0 Å². The third-order valence-electron chi connectivity index (χ3n) is 1.95. The van der Waals surface area contributed by atoms with Crippen molar-refractivity contribution in [1.82, 2.24) is 0 Å². The van der Waals surface area contributed by atoms with E-state index in [4.69, 9.17) is 20.4 Å². The van der Waals surface area contributed by atoms with E-state index in [2.05, 4.69) is 0 Å². The number of carboxylic acid groups (broad SMARTS) is 2. The van der Waals surface area contributed by atoms with Crippen molar-refractivity contribution in [2.24, 2.45) is 0 Å². The summed E-state index contributed by atoms with van der Waals surface area (Å²) in [7, 11) is 0. The lowest BCUT2D eigenvalue weighted by molar-refractivity contribution is -0.139. The zero-order chi connectivity index (χ0) is 18.0. The SMILES string of the molecule is CC(=O)CCC(=O)O.CC(=O)CCC(=O)O.OCCCCO. The molecule has 0 spiro atoms. The van der Waals surface area contributed by atoms with Crippen LogP contribution in [0.4, 0.5) is 0 Å². The summed E-state index contributed by atoms with van der Waals surface area (Å²) < 4.78 is 0. The number of aliphatic carboxylic acids is 2. The van der Waals surface area contributed by atoms with Crippen LogP contribution in [-0.2, 0) is 19.2 Å². The van der Waals surface area contributed by atoms with Gasteiger partial charge >= 0.3 is 11.9 Å². The molecule has 130 valence electrons. The molecular weight excluding hydrogens is 296 g/mol. The molecule has 0 unspecified atom stereocenters. The number of Topliss-reactive ketones (excluding diaryl/α,β-unsaturated/α-hetero) is 2. The fourth-order valence-corrected chi connectivity index (χ4v) is 0.790. The molecular formula is C14H26O8. The van der Waals surface area contributed by atoms with Gasteiger partial charge in [-0.3, -0.25) is 9.59 Å². The van der Waals surface area contributed by atoms with Gasteiger partial charge in [0.15, 0.2) is 0 Å². The van der Waals surface area contributed by atoms with Crippen molar-refractivity contribution in [2.45, 2.75) is 52.4 Å². The van der Waals surface area contributed by atoms with Gasteiger partial charge in [0, 0.05) is 26.1 Å². The van der Waals surface area contributed by atoms with Gasteiger partial charge in [0.2, 0.25) is 0 Å². The molecule has 22 heavy (non-hydrogen) atoms. The summed E-state index contributed by atoms with van der Waals surface area (Å²) in [4.78, 5) is 39.7. The standard InChI is InChI=1S/2C5H8O3.C4H10O2/c2*1-4(6)2-3-5(7)8;5-3-1-2-4-6/h2*2-3H2,1H3,(H,7,8);5-6H,1-4H2. The lowest BCUT2D eigenvalue weighted by atomic mass is 10.2. The molecule has 0 aliphatic heterocycles. The molecule has 4 N–H and O–H groups in total. The Balaban J connectivity index is -0.000000249. The normalized spacial score (nSPS) is 8.73. The van der Waals surface area contributed by atoms with Crippen molar-refractivity contribution in [3.63, 3.8) is 0 Å². The Morgan fingerprint density at radius 1 is 0.636 bits per heavy atom. The zero-order valence-corrected chi connectivity index (χ0v) is 13.1. The van der Waals surface area contributed by atoms with E-state index in [9.17, 15) is 19.2 Å². The monoisotopic (exact) mass is 322 g/mol. The molecule has 8 heteroatoms. The molecule has 0 atom stereocenters. The third kappa shape index (κ3) is 42.9. The molecule has 0 aromatic carbocycles. The van der Waals surface area contributed by atoms with Crippen LogP contribution >= 0.6 is 0 Å². The maximum absolute atomic E-state index is 10.1. The molecule has 0 amide bonds. The summed E-state index contributed by atoms with van der Waals surface area (Å²) in [6.45, 7) is 3.15.